The molecule has 2 aromatic heterocycles. The SMILES string of the molecule is NC(CO)c1c[nH]c2ncc(Cl)cc12. The number of rotatable bonds is 2. The third kappa shape index (κ3) is 1.48. The molecule has 2 aromatic rings. The molecule has 0 aliphatic rings. The number of nitrogens with one attached hydrogen (secondary N) is 1. The molecule has 0 bridgehead atoms. The van der Waals surface area contributed by atoms with Gasteiger partial charge in [0.25, 0.3) is 0 Å². The number of aromatic nitrogens is 2. The summed E-state index contributed by atoms with van der Waals surface area (Å²) in [6.45, 7) is -0.0978. The molecule has 14 heavy (non-hydrogen) atoms. The lowest BCUT2D eigenvalue weighted by Crippen LogP contribution is -2.13. The molecule has 2 rings (SSSR count). The highest BCUT2D eigenvalue weighted by atomic mass is 35.5. The van der Waals surface area contributed by atoms with E-state index in [9.17, 15) is 0 Å². The van der Waals surface area contributed by atoms with Crippen molar-refractivity contribution in [2.24, 2.45) is 5.73 Å². The Hall–Kier alpha value is -1.10. The number of hydrogen-bond acceptors (Lipinski definition) is 3. The highest BCUT2D eigenvalue weighted by Gasteiger charge is 2.11. The molecule has 0 spiro atoms. The summed E-state index contributed by atoms with van der Waals surface area (Å²) >= 11 is 5.82. The first-order valence-electron chi connectivity index (χ1n) is 4.21. The Morgan fingerprint density at radius 3 is 3.14 bits per heavy atom. The molecule has 0 fully saturated rings. The van der Waals surface area contributed by atoms with Crippen molar-refractivity contribution in [3.63, 3.8) is 0 Å². The lowest BCUT2D eigenvalue weighted by Gasteiger charge is -2.05. The fourth-order valence-electron chi connectivity index (χ4n) is 1.40. The van der Waals surface area contributed by atoms with Gasteiger partial charge in [0.15, 0.2) is 0 Å². The minimum absolute atomic E-state index is 0.0978. The smallest absolute Gasteiger partial charge is 0.137 e. The number of H-pyrrole nitrogens is 1. The van der Waals surface area contributed by atoms with E-state index in [0.29, 0.717) is 5.02 Å². The molecule has 0 aromatic carbocycles. The van der Waals surface area contributed by atoms with Crippen molar-refractivity contribution >= 4 is 22.6 Å². The average molecular weight is 212 g/mol. The van der Waals surface area contributed by atoms with Gasteiger partial charge in [-0.25, -0.2) is 4.98 Å². The number of nitrogens with zero attached hydrogens (tertiary/aromatic N) is 1. The van der Waals surface area contributed by atoms with Crippen molar-refractivity contribution in [1.82, 2.24) is 9.97 Å². The van der Waals surface area contributed by atoms with Crippen molar-refractivity contribution < 1.29 is 5.11 Å². The Morgan fingerprint density at radius 1 is 1.64 bits per heavy atom. The number of fused-ring (bicyclic) bond motifs is 1. The highest BCUT2D eigenvalue weighted by Crippen LogP contribution is 2.23. The van der Waals surface area contributed by atoms with Gasteiger partial charge in [-0.1, -0.05) is 11.6 Å². The molecular weight excluding hydrogens is 202 g/mol. The van der Waals surface area contributed by atoms with Crippen molar-refractivity contribution in [2.75, 3.05) is 6.61 Å². The molecule has 0 radical (unpaired) electrons. The van der Waals surface area contributed by atoms with E-state index >= 15 is 0 Å². The van der Waals surface area contributed by atoms with Crippen LogP contribution >= 0.6 is 11.6 Å². The topological polar surface area (TPSA) is 74.9 Å². The number of aliphatic hydroxyl groups is 1. The Morgan fingerprint density at radius 2 is 2.43 bits per heavy atom. The van der Waals surface area contributed by atoms with E-state index in [0.717, 1.165) is 16.6 Å². The number of pyridine rings is 1. The Balaban J connectivity index is 2.61. The number of halogens is 1. The van der Waals surface area contributed by atoms with Gasteiger partial charge in [-0.3, -0.25) is 0 Å². The van der Waals surface area contributed by atoms with Crippen LogP contribution in [0.4, 0.5) is 0 Å². The van der Waals surface area contributed by atoms with E-state index in [4.69, 9.17) is 22.4 Å². The minimum atomic E-state index is -0.399. The summed E-state index contributed by atoms with van der Waals surface area (Å²) in [5.74, 6) is 0. The van der Waals surface area contributed by atoms with E-state index in [2.05, 4.69) is 9.97 Å². The summed E-state index contributed by atoms with van der Waals surface area (Å²) in [5.41, 5.74) is 7.27. The zero-order chi connectivity index (χ0) is 10.1. The molecule has 74 valence electrons. The van der Waals surface area contributed by atoms with Gasteiger partial charge in [-0.2, -0.15) is 0 Å². The second-order valence-corrected chi connectivity index (χ2v) is 3.52. The Bertz CT molecular complexity index is 454. The summed E-state index contributed by atoms with van der Waals surface area (Å²) in [6, 6.07) is 1.38. The van der Waals surface area contributed by atoms with Crippen molar-refractivity contribution in [3.8, 4) is 0 Å². The quantitative estimate of drug-likeness (QED) is 0.699. The van der Waals surface area contributed by atoms with E-state index in [-0.39, 0.29) is 6.61 Å². The molecule has 0 amide bonds. The van der Waals surface area contributed by atoms with Crippen molar-refractivity contribution in [1.29, 1.82) is 0 Å². The van der Waals surface area contributed by atoms with Crippen molar-refractivity contribution in [2.45, 2.75) is 6.04 Å². The zero-order valence-corrected chi connectivity index (χ0v) is 8.12. The first kappa shape index (κ1) is 9.45. The van der Waals surface area contributed by atoms with Gasteiger partial charge in [-0.05, 0) is 11.6 Å². The van der Waals surface area contributed by atoms with Crippen LogP contribution < -0.4 is 5.73 Å². The number of nitrogens with two attached hydrogens (primary N) is 1. The third-order valence-corrected chi connectivity index (χ3v) is 2.33. The lowest BCUT2D eigenvalue weighted by molar-refractivity contribution is 0.268. The molecule has 2 heterocycles. The van der Waals surface area contributed by atoms with Crippen LogP contribution in [0, 0.1) is 0 Å². The number of aliphatic hydroxyl groups excluding tert-OH is 1. The van der Waals surface area contributed by atoms with E-state index in [1.54, 1.807) is 18.5 Å². The first-order valence-corrected chi connectivity index (χ1v) is 4.59. The van der Waals surface area contributed by atoms with Crippen LogP contribution in [-0.2, 0) is 0 Å². The fraction of sp³-hybridized carbons (Fsp3) is 0.222. The predicted molar refractivity (Wildman–Crippen MR) is 55.1 cm³/mol. The van der Waals surface area contributed by atoms with Crippen LogP contribution in [-0.4, -0.2) is 21.7 Å². The molecule has 0 aliphatic carbocycles. The van der Waals surface area contributed by atoms with Crippen LogP contribution in [0.5, 0.6) is 0 Å². The van der Waals surface area contributed by atoms with E-state index in [1.807, 2.05) is 0 Å². The van der Waals surface area contributed by atoms with Gasteiger partial charge in [0.2, 0.25) is 0 Å². The summed E-state index contributed by atoms with van der Waals surface area (Å²) < 4.78 is 0. The van der Waals surface area contributed by atoms with Gasteiger partial charge >= 0.3 is 0 Å². The van der Waals surface area contributed by atoms with Gasteiger partial charge in [-0.15, -0.1) is 0 Å². The molecular formula is C9H10ClN3O. The number of aromatic amines is 1. The lowest BCUT2D eigenvalue weighted by atomic mass is 10.1. The summed E-state index contributed by atoms with van der Waals surface area (Å²) in [6.07, 6.45) is 3.31. The fourth-order valence-corrected chi connectivity index (χ4v) is 1.56. The normalized spacial score (nSPS) is 13.4. The molecule has 4 N–H and O–H groups in total. The van der Waals surface area contributed by atoms with Crippen LogP contribution in [0.2, 0.25) is 5.02 Å². The predicted octanol–water partition coefficient (Wildman–Crippen LogP) is 1.21. The first-order chi connectivity index (χ1) is 6.72. The standard InChI is InChI=1S/C9H10ClN3O/c10-5-1-6-7(8(11)4-14)3-13-9(6)12-2-5/h1-3,8,14H,4,11H2,(H,12,13). The van der Waals surface area contributed by atoms with Crippen LogP contribution in [0.25, 0.3) is 11.0 Å². The highest BCUT2D eigenvalue weighted by molar-refractivity contribution is 6.31. The largest absolute Gasteiger partial charge is 0.394 e. The molecule has 0 aliphatic heterocycles. The summed E-state index contributed by atoms with van der Waals surface area (Å²) in [4.78, 5) is 7.06. The van der Waals surface area contributed by atoms with E-state index in [1.165, 1.54) is 0 Å². The molecule has 1 unspecified atom stereocenters. The van der Waals surface area contributed by atoms with E-state index < -0.39 is 6.04 Å². The van der Waals surface area contributed by atoms with Crippen molar-refractivity contribution in [3.05, 3.63) is 29.0 Å². The Labute approximate surface area is 85.7 Å². The van der Waals surface area contributed by atoms with Gasteiger partial charge in [0, 0.05) is 17.8 Å². The maximum atomic E-state index is 8.94. The van der Waals surface area contributed by atoms with Crippen LogP contribution in [0.1, 0.15) is 11.6 Å². The molecule has 4 nitrogen and oxygen atoms in total. The summed E-state index contributed by atoms with van der Waals surface area (Å²) in [7, 11) is 0. The zero-order valence-electron chi connectivity index (χ0n) is 7.37. The second kappa shape index (κ2) is 3.57. The minimum Gasteiger partial charge on any atom is -0.394 e. The monoisotopic (exact) mass is 211 g/mol. The Kier molecular flexibility index (Phi) is 2.41. The second-order valence-electron chi connectivity index (χ2n) is 3.08. The van der Waals surface area contributed by atoms with Crippen LogP contribution in [0.3, 0.4) is 0 Å². The van der Waals surface area contributed by atoms with Crippen LogP contribution in [0.15, 0.2) is 18.5 Å². The summed E-state index contributed by atoms with van der Waals surface area (Å²) in [5, 5.41) is 10.4. The van der Waals surface area contributed by atoms with Gasteiger partial charge in [0.1, 0.15) is 5.65 Å². The third-order valence-electron chi connectivity index (χ3n) is 2.13. The maximum absolute atomic E-state index is 8.94. The molecule has 1 atom stereocenters. The molecule has 5 heteroatoms. The number of hydrogen-bond donors (Lipinski definition) is 3. The average Bonchev–Trinajstić information content (AvgIpc) is 2.59. The maximum Gasteiger partial charge on any atom is 0.137 e. The molecule has 0 saturated heterocycles. The van der Waals surface area contributed by atoms with Gasteiger partial charge in [0.05, 0.1) is 17.7 Å². The van der Waals surface area contributed by atoms with Gasteiger partial charge < -0.3 is 15.8 Å². The molecule has 0 saturated carbocycles.